The number of rotatable bonds is 5. The number of anilines is 2. The Morgan fingerprint density at radius 3 is 2.10 bits per heavy atom. The first-order valence-corrected chi connectivity index (χ1v) is 9.54. The second-order valence-electron chi connectivity index (χ2n) is 6.91. The molecule has 1 aliphatic rings. The predicted octanol–water partition coefficient (Wildman–Crippen LogP) is 3.31. The van der Waals surface area contributed by atoms with Crippen molar-refractivity contribution in [1.82, 2.24) is 0 Å². The average molecular weight is 414 g/mol. The Morgan fingerprint density at radius 1 is 0.839 bits per heavy atom. The minimum atomic E-state index is -0.728. The zero-order chi connectivity index (χ0) is 22.0. The van der Waals surface area contributed by atoms with Crippen molar-refractivity contribution >= 4 is 35.1 Å². The Morgan fingerprint density at radius 2 is 1.45 bits per heavy atom. The van der Waals surface area contributed by atoms with Crippen molar-refractivity contribution in [3.8, 4) is 0 Å². The van der Waals surface area contributed by atoms with Crippen LogP contribution in [-0.4, -0.2) is 37.3 Å². The van der Waals surface area contributed by atoms with Crippen LogP contribution in [0.15, 0.2) is 78.9 Å². The molecule has 7 nitrogen and oxygen atoms in total. The van der Waals surface area contributed by atoms with Crippen LogP contribution in [0.4, 0.5) is 11.4 Å². The first-order chi connectivity index (χ1) is 15.0. The lowest BCUT2D eigenvalue weighted by molar-refractivity contribution is -0.121. The third-order valence-corrected chi connectivity index (χ3v) is 4.98. The number of esters is 1. The molecule has 3 amide bonds. The van der Waals surface area contributed by atoms with Gasteiger partial charge in [0.15, 0.2) is 6.61 Å². The van der Waals surface area contributed by atoms with Crippen molar-refractivity contribution in [2.45, 2.75) is 0 Å². The number of ether oxygens (including phenoxy) is 1. The number of likely N-dealkylation sites (N-methyl/N-ethyl adjacent to an activating group) is 1. The number of amides is 3. The summed E-state index contributed by atoms with van der Waals surface area (Å²) < 4.78 is 5.15. The van der Waals surface area contributed by atoms with Crippen LogP contribution in [0, 0.1) is 0 Å². The highest BCUT2D eigenvalue weighted by atomic mass is 16.5. The zero-order valence-electron chi connectivity index (χ0n) is 16.6. The van der Waals surface area contributed by atoms with E-state index in [0.717, 1.165) is 4.90 Å². The normalized spacial score (nSPS) is 12.5. The Kier molecular flexibility index (Phi) is 5.32. The predicted molar refractivity (Wildman–Crippen MR) is 114 cm³/mol. The van der Waals surface area contributed by atoms with E-state index in [9.17, 15) is 19.2 Å². The van der Waals surface area contributed by atoms with Gasteiger partial charge in [-0.15, -0.1) is 0 Å². The fraction of sp³-hybridized carbons (Fsp3) is 0.0833. The van der Waals surface area contributed by atoms with Gasteiger partial charge in [-0.3, -0.25) is 14.4 Å². The second-order valence-corrected chi connectivity index (χ2v) is 6.91. The van der Waals surface area contributed by atoms with Crippen LogP contribution in [0.3, 0.4) is 0 Å². The third-order valence-electron chi connectivity index (χ3n) is 4.98. The SMILES string of the molecule is CN(C(=O)COC(=O)c1cccc(N2C(=O)c3ccccc3C2=O)c1)c1ccccc1. The maximum atomic E-state index is 12.7. The molecule has 1 heterocycles. The molecule has 0 radical (unpaired) electrons. The Hall–Kier alpha value is -4.26. The van der Waals surface area contributed by atoms with Crippen LogP contribution >= 0.6 is 0 Å². The standard InChI is InChI=1S/C24H18N2O5/c1-25(17-9-3-2-4-10-17)21(27)15-31-24(30)16-8-7-11-18(14-16)26-22(28)19-12-5-6-13-20(19)23(26)29/h2-14H,15H2,1H3. The van der Waals surface area contributed by atoms with Crippen molar-refractivity contribution in [2.24, 2.45) is 0 Å². The topological polar surface area (TPSA) is 84.0 Å². The summed E-state index contributed by atoms with van der Waals surface area (Å²) in [6.45, 7) is -0.443. The van der Waals surface area contributed by atoms with Crippen LogP contribution < -0.4 is 9.80 Å². The van der Waals surface area contributed by atoms with Crippen molar-refractivity contribution in [2.75, 3.05) is 23.5 Å². The first-order valence-electron chi connectivity index (χ1n) is 9.54. The van der Waals surface area contributed by atoms with Gasteiger partial charge in [0.05, 0.1) is 22.4 Å². The maximum absolute atomic E-state index is 12.7. The van der Waals surface area contributed by atoms with Crippen LogP contribution in [0.25, 0.3) is 0 Å². The quantitative estimate of drug-likeness (QED) is 0.472. The zero-order valence-corrected chi connectivity index (χ0v) is 16.6. The minimum Gasteiger partial charge on any atom is -0.452 e. The molecule has 1 aliphatic heterocycles. The van der Waals surface area contributed by atoms with Crippen molar-refractivity contribution in [3.63, 3.8) is 0 Å². The van der Waals surface area contributed by atoms with E-state index in [1.165, 1.54) is 17.0 Å². The summed E-state index contributed by atoms with van der Waals surface area (Å²) >= 11 is 0. The number of fused-ring (bicyclic) bond motifs is 1. The smallest absolute Gasteiger partial charge is 0.338 e. The maximum Gasteiger partial charge on any atom is 0.338 e. The van der Waals surface area contributed by atoms with Gasteiger partial charge in [-0.25, -0.2) is 9.69 Å². The monoisotopic (exact) mass is 414 g/mol. The molecule has 31 heavy (non-hydrogen) atoms. The van der Waals surface area contributed by atoms with Crippen LogP contribution in [-0.2, 0) is 9.53 Å². The van der Waals surface area contributed by atoms with E-state index in [1.54, 1.807) is 67.7 Å². The molecule has 3 aromatic carbocycles. The summed E-state index contributed by atoms with van der Waals surface area (Å²) in [5, 5.41) is 0. The van der Waals surface area contributed by atoms with E-state index in [4.69, 9.17) is 4.74 Å². The number of para-hydroxylation sites is 1. The van der Waals surface area contributed by atoms with E-state index in [1.807, 2.05) is 6.07 Å². The number of hydrogen-bond donors (Lipinski definition) is 0. The summed E-state index contributed by atoms with van der Waals surface area (Å²) in [5.41, 5.74) is 1.69. The fourth-order valence-electron chi connectivity index (χ4n) is 3.30. The van der Waals surface area contributed by atoms with E-state index >= 15 is 0 Å². The van der Waals surface area contributed by atoms with Gasteiger partial charge in [-0.1, -0.05) is 36.4 Å². The van der Waals surface area contributed by atoms with E-state index < -0.39 is 30.3 Å². The van der Waals surface area contributed by atoms with Gasteiger partial charge < -0.3 is 9.64 Å². The third kappa shape index (κ3) is 3.81. The molecule has 0 atom stereocenters. The largest absolute Gasteiger partial charge is 0.452 e. The van der Waals surface area contributed by atoms with Gasteiger partial charge >= 0.3 is 5.97 Å². The van der Waals surface area contributed by atoms with Crippen molar-refractivity contribution < 1.29 is 23.9 Å². The number of imide groups is 1. The molecule has 7 heteroatoms. The summed E-state index contributed by atoms with van der Waals surface area (Å²) in [5.74, 6) is -2.03. The molecule has 0 aromatic heterocycles. The van der Waals surface area contributed by atoms with Crippen LogP contribution in [0.5, 0.6) is 0 Å². The highest BCUT2D eigenvalue weighted by Crippen LogP contribution is 2.28. The summed E-state index contributed by atoms with van der Waals surface area (Å²) in [6.07, 6.45) is 0. The highest BCUT2D eigenvalue weighted by molar-refractivity contribution is 6.34. The van der Waals surface area contributed by atoms with Crippen molar-refractivity contribution in [3.05, 3.63) is 95.6 Å². The van der Waals surface area contributed by atoms with Gasteiger partial charge in [0, 0.05) is 12.7 Å². The Bertz CT molecular complexity index is 1150. The van der Waals surface area contributed by atoms with Gasteiger partial charge in [0.2, 0.25) is 0 Å². The van der Waals surface area contributed by atoms with Gasteiger partial charge in [0.25, 0.3) is 17.7 Å². The van der Waals surface area contributed by atoms with Gasteiger partial charge in [0.1, 0.15) is 0 Å². The van der Waals surface area contributed by atoms with Gasteiger partial charge in [-0.2, -0.15) is 0 Å². The number of benzene rings is 3. The molecule has 0 bridgehead atoms. The molecule has 3 aromatic rings. The molecule has 0 aliphatic carbocycles. The molecule has 4 rings (SSSR count). The summed E-state index contributed by atoms with van der Waals surface area (Å²) in [4.78, 5) is 52.5. The number of hydrogen-bond acceptors (Lipinski definition) is 5. The number of carbonyl (C=O) groups excluding carboxylic acids is 4. The van der Waals surface area contributed by atoms with E-state index in [0.29, 0.717) is 16.8 Å². The molecular formula is C24H18N2O5. The molecule has 0 saturated carbocycles. The average Bonchev–Trinajstić information content (AvgIpc) is 3.07. The minimum absolute atomic E-state index is 0.129. The van der Waals surface area contributed by atoms with E-state index in [2.05, 4.69) is 0 Å². The van der Waals surface area contributed by atoms with Crippen molar-refractivity contribution in [1.29, 1.82) is 0 Å². The summed E-state index contributed by atoms with van der Waals surface area (Å²) in [7, 11) is 1.59. The number of carbonyl (C=O) groups is 4. The lowest BCUT2D eigenvalue weighted by Crippen LogP contribution is -2.31. The Labute approximate surface area is 178 Å². The van der Waals surface area contributed by atoms with E-state index in [-0.39, 0.29) is 11.3 Å². The molecule has 0 N–H and O–H groups in total. The van der Waals surface area contributed by atoms with Gasteiger partial charge in [-0.05, 0) is 42.5 Å². The second kappa shape index (κ2) is 8.23. The lowest BCUT2D eigenvalue weighted by Gasteiger charge is -2.17. The lowest BCUT2D eigenvalue weighted by atomic mass is 10.1. The highest BCUT2D eigenvalue weighted by Gasteiger charge is 2.36. The molecule has 0 saturated heterocycles. The fourth-order valence-corrected chi connectivity index (χ4v) is 3.30. The molecule has 0 spiro atoms. The molecule has 0 fully saturated rings. The Balaban J connectivity index is 1.46. The number of nitrogens with zero attached hydrogens (tertiary/aromatic N) is 2. The molecule has 0 unspecified atom stereocenters. The van der Waals surface area contributed by atoms with Crippen LogP contribution in [0.1, 0.15) is 31.1 Å². The molecule has 154 valence electrons. The first kappa shape index (κ1) is 20.0. The van der Waals surface area contributed by atoms with Crippen LogP contribution in [0.2, 0.25) is 0 Å². The molecular weight excluding hydrogens is 396 g/mol. The summed E-state index contributed by atoms with van der Waals surface area (Å²) in [6, 6.07) is 21.5.